The summed E-state index contributed by atoms with van der Waals surface area (Å²) in [7, 11) is 1.80. The van der Waals surface area contributed by atoms with Gasteiger partial charge in [-0.3, -0.25) is 14.3 Å². The minimum Gasteiger partial charge on any atom is -0.344 e. The third kappa shape index (κ3) is 2.77. The first kappa shape index (κ1) is 13.6. The lowest BCUT2D eigenvalue weighted by atomic mass is 9.86. The average Bonchev–Trinajstić information content (AvgIpc) is 2.64. The third-order valence-corrected chi connectivity index (χ3v) is 3.25. The SMILES string of the molecule is Cn1cc(N2CCC(=O)NC(C(C)(C)C)C2=O)cn1. The van der Waals surface area contributed by atoms with Crippen molar-refractivity contribution in [3.63, 3.8) is 0 Å². The molecule has 1 fully saturated rings. The molecule has 1 N–H and O–H groups in total. The number of nitrogens with one attached hydrogen (secondary N) is 1. The van der Waals surface area contributed by atoms with Crippen molar-refractivity contribution in [2.45, 2.75) is 33.2 Å². The summed E-state index contributed by atoms with van der Waals surface area (Å²) in [6.07, 6.45) is 3.74. The molecular weight excluding hydrogens is 244 g/mol. The molecule has 2 amide bonds. The summed E-state index contributed by atoms with van der Waals surface area (Å²) >= 11 is 0. The van der Waals surface area contributed by atoms with Gasteiger partial charge in [0.2, 0.25) is 11.8 Å². The molecule has 0 bridgehead atoms. The largest absolute Gasteiger partial charge is 0.344 e. The fourth-order valence-corrected chi connectivity index (χ4v) is 2.17. The number of rotatable bonds is 1. The van der Waals surface area contributed by atoms with Gasteiger partial charge in [0.25, 0.3) is 0 Å². The Morgan fingerprint density at radius 3 is 2.58 bits per heavy atom. The van der Waals surface area contributed by atoms with Gasteiger partial charge in [0, 0.05) is 26.2 Å². The van der Waals surface area contributed by atoms with Crippen LogP contribution in [0, 0.1) is 5.41 Å². The lowest BCUT2D eigenvalue weighted by Gasteiger charge is -2.31. The Kier molecular flexibility index (Phi) is 3.34. The van der Waals surface area contributed by atoms with Gasteiger partial charge in [-0.05, 0) is 5.41 Å². The molecule has 0 spiro atoms. The van der Waals surface area contributed by atoms with E-state index in [4.69, 9.17) is 0 Å². The second-order valence-electron chi connectivity index (χ2n) is 5.98. The van der Waals surface area contributed by atoms with Gasteiger partial charge in [0.05, 0.1) is 11.9 Å². The number of hydrogen-bond acceptors (Lipinski definition) is 3. The van der Waals surface area contributed by atoms with Gasteiger partial charge >= 0.3 is 0 Å². The van der Waals surface area contributed by atoms with Crippen LogP contribution in [0.15, 0.2) is 12.4 Å². The summed E-state index contributed by atoms with van der Waals surface area (Å²) in [5, 5.41) is 6.90. The number of carbonyl (C=O) groups is 2. The highest BCUT2D eigenvalue weighted by Gasteiger charge is 2.38. The Balaban J connectivity index is 2.34. The molecule has 0 aromatic carbocycles. The molecule has 2 heterocycles. The lowest BCUT2D eigenvalue weighted by Crippen LogP contribution is -2.52. The van der Waals surface area contributed by atoms with Crippen molar-refractivity contribution in [3.05, 3.63) is 12.4 Å². The molecule has 1 saturated heterocycles. The molecule has 1 aromatic heterocycles. The predicted octanol–water partition coefficient (Wildman–Crippen LogP) is 0.688. The molecule has 1 aromatic rings. The topological polar surface area (TPSA) is 67.2 Å². The van der Waals surface area contributed by atoms with E-state index in [2.05, 4.69) is 10.4 Å². The van der Waals surface area contributed by atoms with Crippen LogP contribution in [-0.2, 0) is 16.6 Å². The maximum Gasteiger partial charge on any atom is 0.250 e. The smallest absolute Gasteiger partial charge is 0.250 e. The van der Waals surface area contributed by atoms with Gasteiger partial charge in [-0.15, -0.1) is 0 Å². The first-order valence-electron chi connectivity index (χ1n) is 6.38. The molecule has 0 saturated carbocycles. The van der Waals surface area contributed by atoms with Crippen LogP contribution in [0.25, 0.3) is 0 Å². The van der Waals surface area contributed by atoms with E-state index in [1.807, 2.05) is 20.8 Å². The number of anilines is 1. The van der Waals surface area contributed by atoms with E-state index in [0.29, 0.717) is 13.0 Å². The van der Waals surface area contributed by atoms with Crippen molar-refractivity contribution in [3.8, 4) is 0 Å². The fourth-order valence-electron chi connectivity index (χ4n) is 2.17. The van der Waals surface area contributed by atoms with Crippen LogP contribution < -0.4 is 10.2 Å². The van der Waals surface area contributed by atoms with Crippen molar-refractivity contribution in [2.24, 2.45) is 12.5 Å². The molecule has 1 aliphatic heterocycles. The van der Waals surface area contributed by atoms with E-state index in [1.165, 1.54) is 0 Å². The highest BCUT2D eigenvalue weighted by Crippen LogP contribution is 2.25. The van der Waals surface area contributed by atoms with Crippen molar-refractivity contribution in [2.75, 3.05) is 11.4 Å². The molecule has 104 valence electrons. The van der Waals surface area contributed by atoms with Crippen molar-refractivity contribution < 1.29 is 9.59 Å². The summed E-state index contributed by atoms with van der Waals surface area (Å²) in [6.45, 7) is 6.23. The molecule has 6 heteroatoms. The van der Waals surface area contributed by atoms with E-state index in [0.717, 1.165) is 5.69 Å². The second kappa shape index (κ2) is 4.68. The standard InChI is InChI=1S/C13H20N4O2/c1-13(2,3)11-12(19)17(6-5-10(18)15-11)9-7-14-16(4)8-9/h7-8,11H,5-6H2,1-4H3,(H,15,18). The summed E-state index contributed by atoms with van der Waals surface area (Å²) in [6, 6.07) is -0.511. The van der Waals surface area contributed by atoms with Crippen LogP contribution in [0.4, 0.5) is 5.69 Å². The van der Waals surface area contributed by atoms with E-state index in [9.17, 15) is 9.59 Å². The Hall–Kier alpha value is -1.85. The average molecular weight is 264 g/mol. The van der Waals surface area contributed by atoms with Gasteiger partial charge in [0.1, 0.15) is 6.04 Å². The monoisotopic (exact) mass is 264 g/mol. The minimum atomic E-state index is -0.511. The van der Waals surface area contributed by atoms with Gasteiger partial charge < -0.3 is 10.2 Å². The van der Waals surface area contributed by atoms with Crippen LogP contribution in [0.1, 0.15) is 27.2 Å². The third-order valence-electron chi connectivity index (χ3n) is 3.25. The molecule has 2 rings (SSSR count). The first-order valence-corrected chi connectivity index (χ1v) is 6.38. The van der Waals surface area contributed by atoms with Gasteiger partial charge in [-0.25, -0.2) is 0 Å². The van der Waals surface area contributed by atoms with E-state index in [1.54, 1.807) is 29.0 Å². The summed E-state index contributed by atoms with van der Waals surface area (Å²) < 4.78 is 1.65. The van der Waals surface area contributed by atoms with Crippen LogP contribution in [-0.4, -0.2) is 34.2 Å². The van der Waals surface area contributed by atoms with Crippen LogP contribution in [0.2, 0.25) is 0 Å². The van der Waals surface area contributed by atoms with Crippen LogP contribution in [0.3, 0.4) is 0 Å². The molecule has 19 heavy (non-hydrogen) atoms. The van der Waals surface area contributed by atoms with E-state index < -0.39 is 6.04 Å². The molecule has 1 aliphatic rings. The summed E-state index contributed by atoms with van der Waals surface area (Å²) in [4.78, 5) is 26.0. The number of aryl methyl sites for hydroxylation is 1. The predicted molar refractivity (Wildman–Crippen MR) is 71.6 cm³/mol. The van der Waals surface area contributed by atoms with Crippen molar-refractivity contribution >= 4 is 17.5 Å². The number of hydrogen-bond donors (Lipinski definition) is 1. The van der Waals surface area contributed by atoms with Gasteiger partial charge in [-0.1, -0.05) is 20.8 Å². The number of carbonyl (C=O) groups excluding carboxylic acids is 2. The normalized spacial score (nSPS) is 21.3. The Bertz CT molecular complexity index is 501. The fraction of sp³-hybridized carbons (Fsp3) is 0.615. The quantitative estimate of drug-likeness (QED) is 0.811. The number of amides is 2. The molecule has 6 nitrogen and oxygen atoms in total. The highest BCUT2D eigenvalue weighted by atomic mass is 16.2. The van der Waals surface area contributed by atoms with Gasteiger partial charge in [-0.2, -0.15) is 5.10 Å². The number of nitrogens with zero attached hydrogens (tertiary/aromatic N) is 3. The van der Waals surface area contributed by atoms with E-state index in [-0.39, 0.29) is 17.2 Å². The minimum absolute atomic E-state index is 0.0775. The molecule has 1 atom stereocenters. The van der Waals surface area contributed by atoms with Crippen LogP contribution in [0.5, 0.6) is 0 Å². The lowest BCUT2D eigenvalue weighted by molar-refractivity contribution is -0.127. The summed E-state index contributed by atoms with van der Waals surface area (Å²) in [5.74, 6) is -0.161. The highest BCUT2D eigenvalue weighted by molar-refractivity contribution is 6.01. The zero-order valence-electron chi connectivity index (χ0n) is 11.8. The van der Waals surface area contributed by atoms with Gasteiger partial charge in [0.15, 0.2) is 0 Å². The van der Waals surface area contributed by atoms with Crippen molar-refractivity contribution in [1.82, 2.24) is 15.1 Å². The molecule has 0 radical (unpaired) electrons. The first-order chi connectivity index (χ1) is 8.79. The number of aromatic nitrogens is 2. The van der Waals surface area contributed by atoms with Crippen molar-refractivity contribution in [1.29, 1.82) is 0 Å². The van der Waals surface area contributed by atoms with E-state index >= 15 is 0 Å². The zero-order valence-corrected chi connectivity index (χ0v) is 11.8. The molecule has 1 unspecified atom stereocenters. The van der Waals surface area contributed by atoms with Crippen LogP contribution >= 0.6 is 0 Å². The maximum absolute atomic E-state index is 12.6. The molecule has 0 aliphatic carbocycles. The Morgan fingerprint density at radius 1 is 1.37 bits per heavy atom. The maximum atomic E-state index is 12.6. The summed E-state index contributed by atoms with van der Waals surface area (Å²) in [5.41, 5.74) is 0.413. The zero-order chi connectivity index (χ0) is 14.2. The Morgan fingerprint density at radius 2 is 2.05 bits per heavy atom. The molecular formula is C13H20N4O2. The second-order valence-corrected chi connectivity index (χ2v) is 5.98. The Labute approximate surface area is 112 Å².